The normalized spacial score (nSPS) is 11.6. The maximum absolute atomic E-state index is 13.1. The van der Waals surface area contributed by atoms with Crippen molar-refractivity contribution in [2.75, 3.05) is 6.61 Å². The van der Waals surface area contributed by atoms with Crippen LogP contribution in [0.3, 0.4) is 0 Å². The van der Waals surface area contributed by atoms with Crippen LogP contribution < -0.4 is 5.32 Å². The van der Waals surface area contributed by atoms with Crippen LogP contribution in [0.5, 0.6) is 0 Å². The fraction of sp³-hybridized carbons (Fsp3) is 0.222. The van der Waals surface area contributed by atoms with Crippen LogP contribution in [0.15, 0.2) is 53.0 Å². The van der Waals surface area contributed by atoms with Gasteiger partial charge in [-0.15, -0.1) is 0 Å². The van der Waals surface area contributed by atoms with Gasteiger partial charge < -0.3 is 10.1 Å². The molecular formula is C18H17BrFNO3. The maximum Gasteiger partial charge on any atom is 0.338 e. The number of nitrogens with one attached hydrogen (secondary N) is 1. The SMILES string of the molecule is CC[C@@H](NC(=O)COC(=O)c1cccc(F)c1)c1ccc(Br)cc1. The Labute approximate surface area is 148 Å². The van der Waals surface area contributed by atoms with Crippen molar-refractivity contribution in [2.24, 2.45) is 0 Å². The first kappa shape index (κ1) is 18.1. The Hall–Kier alpha value is -2.21. The van der Waals surface area contributed by atoms with Crippen molar-refractivity contribution in [3.63, 3.8) is 0 Å². The van der Waals surface area contributed by atoms with E-state index in [0.717, 1.165) is 16.1 Å². The highest BCUT2D eigenvalue weighted by atomic mass is 79.9. The van der Waals surface area contributed by atoms with Gasteiger partial charge in [0.2, 0.25) is 0 Å². The van der Waals surface area contributed by atoms with Crippen molar-refractivity contribution in [1.82, 2.24) is 5.32 Å². The average molecular weight is 394 g/mol. The summed E-state index contributed by atoms with van der Waals surface area (Å²) >= 11 is 3.36. The van der Waals surface area contributed by atoms with Crippen LogP contribution in [0, 0.1) is 5.82 Å². The molecule has 2 aromatic rings. The topological polar surface area (TPSA) is 55.4 Å². The zero-order chi connectivity index (χ0) is 17.5. The van der Waals surface area contributed by atoms with Crippen molar-refractivity contribution in [3.8, 4) is 0 Å². The number of halogens is 2. The van der Waals surface area contributed by atoms with E-state index in [4.69, 9.17) is 4.74 Å². The molecule has 0 aromatic heterocycles. The van der Waals surface area contributed by atoms with Gasteiger partial charge in [-0.3, -0.25) is 4.79 Å². The second-order valence-corrected chi connectivity index (χ2v) is 6.08. The first-order valence-corrected chi connectivity index (χ1v) is 8.26. The van der Waals surface area contributed by atoms with E-state index >= 15 is 0 Å². The zero-order valence-electron chi connectivity index (χ0n) is 13.1. The van der Waals surface area contributed by atoms with Gasteiger partial charge in [0.25, 0.3) is 5.91 Å². The molecule has 2 aromatic carbocycles. The molecule has 0 spiro atoms. The molecule has 0 radical (unpaired) electrons. The van der Waals surface area contributed by atoms with Gasteiger partial charge in [0, 0.05) is 4.47 Å². The van der Waals surface area contributed by atoms with E-state index < -0.39 is 24.3 Å². The van der Waals surface area contributed by atoms with Gasteiger partial charge in [0.05, 0.1) is 11.6 Å². The monoisotopic (exact) mass is 393 g/mol. The largest absolute Gasteiger partial charge is 0.452 e. The van der Waals surface area contributed by atoms with Crippen LogP contribution >= 0.6 is 15.9 Å². The minimum Gasteiger partial charge on any atom is -0.452 e. The molecule has 0 heterocycles. The molecule has 1 amide bonds. The number of benzene rings is 2. The minimum atomic E-state index is -0.735. The molecular weight excluding hydrogens is 377 g/mol. The molecule has 0 aliphatic heterocycles. The highest BCUT2D eigenvalue weighted by Crippen LogP contribution is 2.19. The van der Waals surface area contributed by atoms with Gasteiger partial charge >= 0.3 is 5.97 Å². The lowest BCUT2D eigenvalue weighted by molar-refractivity contribution is -0.125. The summed E-state index contributed by atoms with van der Waals surface area (Å²) < 4.78 is 18.9. The number of carbonyl (C=O) groups is 2. The number of hydrogen-bond acceptors (Lipinski definition) is 3. The molecule has 4 nitrogen and oxygen atoms in total. The number of carbonyl (C=O) groups excluding carboxylic acids is 2. The Bertz CT molecular complexity index is 718. The highest BCUT2D eigenvalue weighted by molar-refractivity contribution is 9.10. The number of rotatable bonds is 6. The minimum absolute atomic E-state index is 0.0720. The lowest BCUT2D eigenvalue weighted by Crippen LogP contribution is -2.32. The summed E-state index contributed by atoms with van der Waals surface area (Å²) in [7, 11) is 0. The van der Waals surface area contributed by atoms with Crippen molar-refractivity contribution in [3.05, 3.63) is 69.9 Å². The fourth-order valence-electron chi connectivity index (χ4n) is 2.18. The third-order valence-corrected chi connectivity index (χ3v) is 3.94. The Morgan fingerprint density at radius 3 is 2.54 bits per heavy atom. The smallest absolute Gasteiger partial charge is 0.338 e. The number of esters is 1. The lowest BCUT2D eigenvalue weighted by Gasteiger charge is -2.17. The maximum atomic E-state index is 13.1. The van der Waals surface area contributed by atoms with Crippen molar-refractivity contribution in [2.45, 2.75) is 19.4 Å². The van der Waals surface area contributed by atoms with Crippen molar-refractivity contribution in [1.29, 1.82) is 0 Å². The predicted molar refractivity (Wildman–Crippen MR) is 92.0 cm³/mol. The lowest BCUT2D eigenvalue weighted by atomic mass is 10.0. The van der Waals surface area contributed by atoms with Gasteiger partial charge in [-0.1, -0.05) is 41.1 Å². The Morgan fingerprint density at radius 1 is 1.21 bits per heavy atom. The molecule has 126 valence electrons. The molecule has 2 rings (SSSR count). The van der Waals surface area contributed by atoms with E-state index in [1.54, 1.807) is 0 Å². The molecule has 24 heavy (non-hydrogen) atoms. The first-order valence-electron chi connectivity index (χ1n) is 7.47. The molecule has 1 N–H and O–H groups in total. The zero-order valence-corrected chi connectivity index (χ0v) is 14.7. The van der Waals surface area contributed by atoms with Gasteiger partial charge in [-0.2, -0.15) is 0 Å². The standard InChI is InChI=1S/C18H17BrFNO3/c1-2-16(12-6-8-14(19)9-7-12)21-17(22)11-24-18(23)13-4-3-5-15(20)10-13/h3-10,16H,2,11H2,1H3,(H,21,22)/t16-/m1/s1. The molecule has 0 unspecified atom stereocenters. The van der Waals surface area contributed by atoms with Crippen LogP contribution in [-0.2, 0) is 9.53 Å². The van der Waals surface area contributed by atoms with Gasteiger partial charge in [-0.25, -0.2) is 9.18 Å². The summed E-state index contributed by atoms with van der Waals surface area (Å²) in [6.07, 6.45) is 0.700. The molecule has 6 heteroatoms. The number of ether oxygens (including phenoxy) is 1. The average Bonchev–Trinajstić information content (AvgIpc) is 2.58. The van der Waals surface area contributed by atoms with Crippen LogP contribution in [0.4, 0.5) is 4.39 Å². The molecule has 0 saturated carbocycles. The summed E-state index contributed by atoms with van der Waals surface area (Å²) in [6, 6.07) is 12.6. The third kappa shape index (κ3) is 5.16. The molecule has 0 aliphatic carbocycles. The quantitative estimate of drug-likeness (QED) is 0.754. The van der Waals surface area contributed by atoms with E-state index in [1.165, 1.54) is 18.2 Å². The van der Waals surface area contributed by atoms with E-state index in [-0.39, 0.29) is 11.6 Å². The van der Waals surface area contributed by atoms with Crippen LogP contribution in [0.2, 0.25) is 0 Å². The Kier molecular flexibility index (Phi) is 6.49. The highest BCUT2D eigenvalue weighted by Gasteiger charge is 2.15. The molecule has 1 atom stereocenters. The Morgan fingerprint density at radius 2 is 1.92 bits per heavy atom. The van der Waals surface area contributed by atoms with Gasteiger partial charge in [-0.05, 0) is 42.3 Å². The summed E-state index contributed by atoms with van der Waals surface area (Å²) in [5.41, 5.74) is 1.04. The summed E-state index contributed by atoms with van der Waals surface area (Å²) in [6.45, 7) is 1.54. The van der Waals surface area contributed by atoms with Gasteiger partial charge in [0.1, 0.15) is 5.82 Å². The first-order chi connectivity index (χ1) is 11.5. The molecule has 0 aliphatic rings. The second kappa shape index (κ2) is 8.59. The van der Waals surface area contributed by atoms with E-state index in [1.807, 2.05) is 31.2 Å². The van der Waals surface area contributed by atoms with E-state index in [2.05, 4.69) is 21.2 Å². The summed E-state index contributed by atoms with van der Waals surface area (Å²) in [5, 5.41) is 2.82. The van der Waals surface area contributed by atoms with E-state index in [0.29, 0.717) is 6.42 Å². The van der Waals surface area contributed by atoms with Crippen LogP contribution in [-0.4, -0.2) is 18.5 Å². The Balaban J connectivity index is 1.89. The number of amides is 1. The third-order valence-electron chi connectivity index (χ3n) is 3.41. The van der Waals surface area contributed by atoms with Crippen LogP contribution in [0.1, 0.15) is 35.3 Å². The predicted octanol–water partition coefficient (Wildman–Crippen LogP) is 4.01. The second-order valence-electron chi connectivity index (χ2n) is 5.17. The number of hydrogen-bond donors (Lipinski definition) is 1. The van der Waals surface area contributed by atoms with Crippen molar-refractivity contribution < 1.29 is 18.7 Å². The van der Waals surface area contributed by atoms with E-state index in [9.17, 15) is 14.0 Å². The molecule has 0 bridgehead atoms. The van der Waals surface area contributed by atoms with Crippen LogP contribution in [0.25, 0.3) is 0 Å². The fourth-order valence-corrected chi connectivity index (χ4v) is 2.45. The summed E-state index contributed by atoms with van der Waals surface area (Å²) in [5.74, 6) is -1.67. The van der Waals surface area contributed by atoms with Crippen molar-refractivity contribution >= 4 is 27.8 Å². The van der Waals surface area contributed by atoms with Gasteiger partial charge in [0.15, 0.2) is 6.61 Å². The molecule has 0 fully saturated rings. The summed E-state index contributed by atoms with van der Waals surface area (Å²) in [4.78, 5) is 23.8. The molecule has 0 saturated heterocycles.